The lowest BCUT2D eigenvalue weighted by Crippen LogP contribution is -2.41. The van der Waals surface area contributed by atoms with Gasteiger partial charge in [-0.1, -0.05) is 12.8 Å². The molecule has 0 saturated heterocycles. The molecule has 0 aromatic carbocycles. The molecule has 1 atom stereocenters. The molecule has 1 aliphatic carbocycles. The molecule has 1 amide bonds. The smallest absolute Gasteiger partial charge is 0.326 e. The summed E-state index contributed by atoms with van der Waals surface area (Å²) in [4.78, 5) is 22.5. The Morgan fingerprint density at radius 1 is 1.62 bits per heavy atom. The van der Waals surface area contributed by atoms with E-state index < -0.39 is 17.9 Å². The summed E-state index contributed by atoms with van der Waals surface area (Å²) in [6.45, 7) is 0. The van der Waals surface area contributed by atoms with Crippen LogP contribution in [0.3, 0.4) is 0 Å². The van der Waals surface area contributed by atoms with E-state index in [9.17, 15) is 9.59 Å². The van der Waals surface area contributed by atoms with Crippen LogP contribution < -0.4 is 5.32 Å². The summed E-state index contributed by atoms with van der Waals surface area (Å²) in [5, 5.41) is 11.4. The highest BCUT2D eigenvalue weighted by molar-refractivity contribution is 6.99. The average molecular weight is 241 g/mol. The van der Waals surface area contributed by atoms with Crippen LogP contribution in [0.2, 0.25) is 0 Å². The molecular weight excluding hydrogens is 230 g/mol. The zero-order valence-electron chi connectivity index (χ0n) is 8.42. The van der Waals surface area contributed by atoms with Crippen molar-refractivity contribution in [2.75, 3.05) is 0 Å². The number of nitrogens with one attached hydrogen (secondary N) is 1. The van der Waals surface area contributed by atoms with Gasteiger partial charge in [0.2, 0.25) is 0 Å². The van der Waals surface area contributed by atoms with Gasteiger partial charge in [-0.05, 0) is 12.3 Å². The minimum Gasteiger partial charge on any atom is -0.480 e. The van der Waals surface area contributed by atoms with Gasteiger partial charge in [0.1, 0.15) is 6.04 Å². The van der Waals surface area contributed by atoms with Crippen molar-refractivity contribution >= 4 is 23.6 Å². The molecule has 1 aromatic rings. The van der Waals surface area contributed by atoms with Gasteiger partial charge in [-0.25, -0.2) is 4.79 Å². The Kier molecular flexibility index (Phi) is 3.14. The van der Waals surface area contributed by atoms with Crippen molar-refractivity contribution in [2.45, 2.75) is 25.3 Å². The SMILES string of the molecule is O=C(NC(CC1CC1)C(=O)O)c1cnsn1. The molecule has 2 N–H and O–H groups in total. The molecule has 86 valence electrons. The maximum atomic E-state index is 11.6. The second-order valence-corrected chi connectivity index (χ2v) is 4.39. The van der Waals surface area contributed by atoms with Crippen molar-refractivity contribution in [2.24, 2.45) is 5.92 Å². The van der Waals surface area contributed by atoms with Gasteiger partial charge >= 0.3 is 5.97 Å². The molecule has 1 fully saturated rings. The highest BCUT2D eigenvalue weighted by Gasteiger charge is 2.30. The quantitative estimate of drug-likeness (QED) is 0.784. The van der Waals surface area contributed by atoms with Crippen LogP contribution in [-0.2, 0) is 4.79 Å². The van der Waals surface area contributed by atoms with Crippen molar-refractivity contribution < 1.29 is 14.7 Å². The molecule has 7 heteroatoms. The topological polar surface area (TPSA) is 92.2 Å². The molecule has 0 aliphatic heterocycles. The first-order valence-electron chi connectivity index (χ1n) is 4.98. The molecule has 16 heavy (non-hydrogen) atoms. The first kappa shape index (κ1) is 11.0. The fourth-order valence-corrected chi connectivity index (χ4v) is 1.82. The minimum atomic E-state index is -0.997. The Morgan fingerprint density at radius 3 is 2.88 bits per heavy atom. The van der Waals surface area contributed by atoms with Crippen LogP contribution in [0.1, 0.15) is 29.8 Å². The van der Waals surface area contributed by atoms with Crippen LogP contribution in [0.5, 0.6) is 0 Å². The molecule has 1 saturated carbocycles. The largest absolute Gasteiger partial charge is 0.480 e. The summed E-state index contributed by atoms with van der Waals surface area (Å²) >= 11 is 0.921. The van der Waals surface area contributed by atoms with Crippen molar-refractivity contribution in [3.05, 3.63) is 11.9 Å². The number of carboxylic acid groups (broad SMARTS) is 1. The van der Waals surface area contributed by atoms with Gasteiger partial charge in [-0.15, -0.1) is 0 Å². The molecule has 0 bridgehead atoms. The summed E-state index contributed by atoms with van der Waals surface area (Å²) in [5.41, 5.74) is 0.173. The summed E-state index contributed by atoms with van der Waals surface area (Å²) < 4.78 is 7.44. The third kappa shape index (κ3) is 2.75. The third-order valence-corrected chi connectivity index (χ3v) is 2.94. The fraction of sp³-hybridized carbons (Fsp3) is 0.556. The first-order chi connectivity index (χ1) is 7.66. The van der Waals surface area contributed by atoms with E-state index >= 15 is 0 Å². The zero-order valence-corrected chi connectivity index (χ0v) is 9.24. The molecule has 6 nitrogen and oxygen atoms in total. The average Bonchev–Trinajstić information content (AvgIpc) is 2.89. The number of carboxylic acids is 1. The zero-order chi connectivity index (χ0) is 11.5. The number of aliphatic carboxylic acids is 1. The minimum absolute atomic E-state index is 0.173. The van der Waals surface area contributed by atoms with Crippen LogP contribution in [0.25, 0.3) is 0 Å². The number of carbonyl (C=O) groups excluding carboxylic acids is 1. The Labute approximate surface area is 96.0 Å². The van der Waals surface area contributed by atoms with E-state index in [0.717, 1.165) is 24.6 Å². The second-order valence-electron chi connectivity index (χ2n) is 3.84. The number of carbonyl (C=O) groups is 2. The summed E-state index contributed by atoms with van der Waals surface area (Å²) in [6, 6.07) is -0.818. The van der Waals surface area contributed by atoms with Gasteiger partial charge in [0.05, 0.1) is 17.9 Å². The van der Waals surface area contributed by atoms with Gasteiger partial charge in [0.25, 0.3) is 5.91 Å². The molecule has 1 aromatic heterocycles. The van der Waals surface area contributed by atoms with E-state index in [0.29, 0.717) is 12.3 Å². The molecule has 1 aliphatic rings. The first-order valence-corrected chi connectivity index (χ1v) is 5.71. The maximum absolute atomic E-state index is 11.6. The van der Waals surface area contributed by atoms with Crippen molar-refractivity contribution in [1.29, 1.82) is 0 Å². The van der Waals surface area contributed by atoms with Crippen molar-refractivity contribution in [1.82, 2.24) is 14.1 Å². The van der Waals surface area contributed by atoms with Gasteiger partial charge in [0, 0.05) is 0 Å². The standard InChI is InChI=1S/C9H11N3O3S/c13-8(7-4-10-16-12-7)11-6(9(14)15)3-5-1-2-5/h4-6H,1-3H2,(H,11,13)(H,14,15). The predicted molar refractivity (Wildman–Crippen MR) is 56.1 cm³/mol. The van der Waals surface area contributed by atoms with Gasteiger partial charge in [-0.3, -0.25) is 4.79 Å². The normalized spacial score (nSPS) is 16.8. The van der Waals surface area contributed by atoms with Gasteiger partial charge < -0.3 is 10.4 Å². The number of amides is 1. The number of nitrogens with zero attached hydrogens (tertiary/aromatic N) is 2. The molecule has 2 rings (SSSR count). The number of aromatic nitrogens is 2. The lowest BCUT2D eigenvalue weighted by molar-refractivity contribution is -0.139. The fourth-order valence-electron chi connectivity index (χ4n) is 1.41. The summed E-state index contributed by atoms with van der Waals surface area (Å²) in [6.07, 6.45) is 3.94. The molecule has 1 heterocycles. The number of rotatable bonds is 5. The third-order valence-electron chi connectivity index (χ3n) is 2.46. The Hall–Kier alpha value is -1.50. The van der Waals surface area contributed by atoms with Crippen LogP contribution in [0, 0.1) is 5.92 Å². The van der Waals surface area contributed by atoms with Crippen LogP contribution in [0.15, 0.2) is 6.20 Å². The van der Waals surface area contributed by atoms with E-state index in [1.54, 1.807) is 0 Å². The van der Waals surface area contributed by atoms with E-state index in [2.05, 4.69) is 14.1 Å². The second kappa shape index (κ2) is 4.56. The van der Waals surface area contributed by atoms with E-state index in [1.807, 2.05) is 0 Å². The van der Waals surface area contributed by atoms with Gasteiger partial charge in [-0.2, -0.15) is 8.75 Å². The van der Waals surface area contributed by atoms with E-state index in [1.165, 1.54) is 6.20 Å². The van der Waals surface area contributed by atoms with Gasteiger partial charge in [0.15, 0.2) is 5.69 Å². The summed E-state index contributed by atoms with van der Waals surface area (Å²) in [5.74, 6) is -1.03. The Morgan fingerprint density at radius 2 is 2.38 bits per heavy atom. The van der Waals surface area contributed by atoms with Crippen LogP contribution in [0.4, 0.5) is 0 Å². The number of hydrogen-bond donors (Lipinski definition) is 2. The lowest BCUT2D eigenvalue weighted by Gasteiger charge is -2.12. The maximum Gasteiger partial charge on any atom is 0.326 e. The Bertz CT molecular complexity index is 389. The Balaban J connectivity index is 1.94. The molecular formula is C9H11N3O3S. The molecule has 0 radical (unpaired) electrons. The summed E-state index contributed by atoms with van der Waals surface area (Å²) in [7, 11) is 0. The number of hydrogen-bond acceptors (Lipinski definition) is 5. The van der Waals surface area contributed by atoms with Crippen molar-refractivity contribution in [3.8, 4) is 0 Å². The monoisotopic (exact) mass is 241 g/mol. The molecule has 1 unspecified atom stereocenters. The highest BCUT2D eigenvalue weighted by atomic mass is 32.1. The van der Waals surface area contributed by atoms with Crippen molar-refractivity contribution in [3.63, 3.8) is 0 Å². The molecule has 0 spiro atoms. The van der Waals surface area contributed by atoms with Crippen LogP contribution in [-0.4, -0.2) is 31.8 Å². The van der Waals surface area contributed by atoms with E-state index in [-0.39, 0.29) is 5.69 Å². The van der Waals surface area contributed by atoms with Crippen LogP contribution >= 0.6 is 11.7 Å². The predicted octanol–water partition coefficient (Wildman–Crippen LogP) is 0.521. The van der Waals surface area contributed by atoms with E-state index in [4.69, 9.17) is 5.11 Å². The highest BCUT2D eigenvalue weighted by Crippen LogP contribution is 2.33. The lowest BCUT2D eigenvalue weighted by atomic mass is 10.1.